The van der Waals surface area contributed by atoms with Crippen molar-refractivity contribution in [1.82, 2.24) is 10.5 Å². The Kier molecular flexibility index (Phi) is 3.03. The number of nitrogens with one attached hydrogen (secondary N) is 1. The van der Waals surface area contributed by atoms with Crippen LogP contribution in [0.25, 0.3) is 0 Å². The summed E-state index contributed by atoms with van der Waals surface area (Å²) in [5, 5.41) is 7.25. The van der Waals surface area contributed by atoms with Crippen LogP contribution in [-0.2, 0) is 28.6 Å². The lowest BCUT2D eigenvalue weighted by atomic mass is 10.1. The molecule has 17 heavy (non-hydrogen) atoms. The maximum atomic E-state index is 11.6. The Morgan fingerprint density at radius 1 is 1.41 bits per heavy atom. The molecule has 0 radical (unpaired) electrons. The summed E-state index contributed by atoms with van der Waals surface area (Å²) in [5.74, 6) is 0.958. The molecule has 0 saturated carbocycles. The molecule has 0 aromatic carbocycles. The quantitative estimate of drug-likeness (QED) is 0.858. The van der Waals surface area contributed by atoms with Crippen LogP contribution in [0.5, 0.6) is 0 Å². The zero-order valence-corrected chi connectivity index (χ0v) is 11.2. The highest BCUT2D eigenvalue weighted by Gasteiger charge is 2.28. The van der Waals surface area contributed by atoms with Crippen LogP contribution < -0.4 is 5.32 Å². The fourth-order valence-corrected chi connectivity index (χ4v) is 3.18. The number of nitrogens with zero attached hydrogens (tertiary/aromatic N) is 1. The fourth-order valence-electron chi connectivity index (χ4n) is 1.77. The molecule has 1 aromatic heterocycles. The van der Waals surface area contributed by atoms with Crippen LogP contribution in [0.3, 0.4) is 0 Å². The van der Waals surface area contributed by atoms with Crippen molar-refractivity contribution in [2.24, 2.45) is 0 Å². The monoisotopic (exact) mass is 258 g/mol. The molecular formula is C11H18N2O3S. The number of aryl methyl sites for hydroxylation is 1. The summed E-state index contributed by atoms with van der Waals surface area (Å²) in [6.45, 7) is 6.70. The minimum Gasteiger partial charge on any atom is -0.361 e. The Morgan fingerprint density at radius 3 is 2.76 bits per heavy atom. The number of hydrogen-bond donors (Lipinski definition) is 1. The lowest BCUT2D eigenvalue weighted by molar-refractivity contribution is 0.367. The smallest absolute Gasteiger partial charge is 0.155 e. The molecule has 1 N–H and O–H groups in total. The Labute approximate surface area is 101 Å². The minimum atomic E-state index is -2.97. The average molecular weight is 258 g/mol. The second kappa shape index (κ2) is 4.10. The highest BCUT2D eigenvalue weighted by Crippen LogP contribution is 2.24. The van der Waals surface area contributed by atoms with Crippen molar-refractivity contribution in [2.45, 2.75) is 45.0 Å². The van der Waals surface area contributed by atoms with Crippen molar-refractivity contribution in [1.29, 1.82) is 0 Å². The van der Waals surface area contributed by atoms with Gasteiger partial charge in [0.2, 0.25) is 0 Å². The van der Waals surface area contributed by atoms with Crippen LogP contribution in [0.1, 0.15) is 37.8 Å². The van der Waals surface area contributed by atoms with Gasteiger partial charge in [0.25, 0.3) is 0 Å². The van der Waals surface area contributed by atoms with E-state index in [-0.39, 0.29) is 17.0 Å². The van der Waals surface area contributed by atoms with Gasteiger partial charge < -0.3 is 9.84 Å². The van der Waals surface area contributed by atoms with Crippen molar-refractivity contribution in [3.05, 3.63) is 17.0 Å². The summed E-state index contributed by atoms with van der Waals surface area (Å²) in [5.41, 5.74) is 1.45. The van der Waals surface area contributed by atoms with Crippen molar-refractivity contribution in [3.63, 3.8) is 0 Å². The van der Waals surface area contributed by atoms with Gasteiger partial charge in [-0.15, -0.1) is 0 Å². The fraction of sp³-hybridized carbons (Fsp3) is 0.727. The SMILES string of the molecule is CC(C)(C)NCc1noc2c1CS(=O)(=O)CC2. The summed E-state index contributed by atoms with van der Waals surface area (Å²) in [7, 11) is -2.97. The van der Waals surface area contributed by atoms with E-state index >= 15 is 0 Å². The summed E-state index contributed by atoms with van der Waals surface area (Å²) < 4.78 is 28.3. The lowest BCUT2D eigenvalue weighted by Gasteiger charge is -2.20. The lowest BCUT2D eigenvalue weighted by Crippen LogP contribution is -2.35. The molecule has 0 unspecified atom stereocenters. The van der Waals surface area contributed by atoms with Crippen molar-refractivity contribution >= 4 is 9.84 Å². The topological polar surface area (TPSA) is 72.2 Å². The highest BCUT2D eigenvalue weighted by molar-refractivity contribution is 7.90. The van der Waals surface area contributed by atoms with E-state index in [0.717, 1.165) is 17.0 Å². The molecule has 0 bridgehead atoms. The summed E-state index contributed by atoms with van der Waals surface area (Å²) in [4.78, 5) is 0. The van der Waals surface area contributed by atoms with Crippen LogP contribution in [-0.4, -0.2) is 24.9 Å². The van der Waals surface area contributed by atoms with Gasteiger partial charge in [-0.1, -0.05) is 5.16 Å². The summed E-state index contributed by atoms with van der Waals surface area (Å²) in [6.07, 6.45) is 0.445. The van der Waals surface area contributed by atoms with Crippen LogP contribution in [0, 0.1) is 0 Å². The molecule has 0 amide bonds. The molecule has 6 heteroatoms. The van der Waals surface area contributed by atoms with E-state index in [0.29, 0.717) is 13.0 Å². The molecule has 0 aliphatic carbocycles. The largest absolute Gasteiger partial charge is 0.361 e. The molecular weight excluding hydrogens is 240 g/mol. The molecule has 5 nitrogen and oxygen atoms in total. The number of hydrogen-bond acceptors (Lipinski definition) is 5. The average Bonchev–Trinajstić information content (AvgIpc) is 2.54. The van der Waals surface area contributed by atoms with E-state index in [9.17, 15) is 8.42 Å². The molecule has 0 spiro atoms. The zero-order chi connectivity index (χ0) is 12.7. The first-order valence-corrected chi connectivity index (χ1v) is 7.51. The van der Waals surface area contributed by atoms with E-state index in [2.05, 4.69) is 31.2 Å². The van der Waals surface area contributed by atoms with E-state index in [1.165, 1.54) is 0 Å². The molecule has 0 fully saturated rings. The molecule has 1 aromatic rings. The number of fused-ring (bicyclic) bond motifs is 1. The first kappa shape index (κ1) is 12.6. The van der Waals surface area contributed by atoms with Gasteiger partial charge in [0.05, 0.1) is 11.5 Å². The van der Waals surface area contributed by atoms with Gasteiger partial charge in [-0.2, -0.15) is 0 Å². The maximum absolute atomic E-state index is 11.6. The number of aromatic nitrogens is 1. The third kappa shape index (κ3) is 3.07. The minimum absolute atomic E-state index is 0.0284. The Hall–Kier alpha value is -0.880. The molecule has 2 rings (SSSR count). The first-order valence-electron chi connectivity index (χ1n) is 5.69. The second-order valence-corrected chi connectivity index (χ2v) is 7.66. The van der Waals surface area contributed by atoms with E-state index < -0.39 is 9.84 Å². The molecule has 0 saturated heterocycles. The summed E-state index contributed by atoms with van der Waals surface area (Å²) >= 11 is 0. The van der Waals surface area contributed by atoms with Gasteiger partial charge in [-0.25, -0.2) is 8.42 Å². The van der Waals surface area contributed by atoms with Crippen molar-refractivity contribution < 1.29 is 12.9 Å². The molecule has 0 atom stereocenters. The maximum Gasteiger partial charge on any atom is 0.155 e. The van der Waals surface area contributed by atoms with Crippen molar-refractivity contribution in [3.8, 4) is 0 Å². The third-order valence-electron chi connectivity index (χ3n) is 2.74. The van der Waals surface area contributed by atoms with E-state index in [1.807, 2.05) is 0 Å². The van der Waals surface area contributed by atoms with Crippen LogP contribution in [0.2, 0.25) is 0 Å². The molecule has 1 aliphatic rings. The number of rotatable bonds is 2. The van der Waals surface area contributed by atoms with Crippen LogP contribution in [0.4, 0.5) is 0 Å². The normalized spacial score (nSPS) is 19.0. The summed E-state index contributed by atoms with van der Waals surface area (Å²) in [6, 6.07) is 0. The van der Waals surface area contributed by atoms with E-state index in [4.69, 9.17) is 4.52 Å². The first-order chi connectivity index (χ1) is 7.77. The van der Waals surface area contributed by atoms with Gasteiger partial charge in [0.15, 0.2) is 9.84 Å². The number of sulfone groups is 1. The Balaban J connectivity index is 2.18. The zero-order valence-electron chi connectivity index (χ0n) is 10.4. The van der Waals surface area contributed by atoms with Gasteiger partial charge in [0, 0.05) is 24.1 Å². The molecule has 1 aliphatic heterocycles. The Morgan fingerprint density at radius 2 is 2.12 bits per heavy atom. The standard InChI is InChI=1S/C11H18N2O3S/c1-11(2,3)12-6-9-8-7-17(14,15)5-4-10(8)16-13-9/h12H,4-7H2,1-3H3. The second-order valence-electron chi connectivity index (χ2n) is 5.48. The molecule has 2 heterocycles. The predicted octanol–water partition coefficient (Wildman–Crippen LogP) is 1.03. The van der Waals surface area contributed by atoms with Gasteiger partial charge in [0.1, 0.15) is 11.5 Å². The van der Waals surface area contributed by atoms with Crippen LogP contribution >= 0.6 is 0 Å². The van der Waals surface area contributed by atoms with E-state index in [1.54, 1.807) is 0 Å². The Bertz CT molecular complexity index is 511. The van der Waals surface area contributed by atoms with Gasteiger partial charge >= 0.3 is 0 Å². The highest BCUT2D eigenvalue weighted by atomic mass is 32.2. The van der Waals surface area contributed by atoms with Gasteiger partial charge in [-0.3, -0.25) is 0 Å². The van der Waals surface area contributed by atoms with Crippen molar-refractivity contribution in [2.75, 3.05) is 5.75 Å². The predicted molar refractivity (Wildman–Crippen MR) is 64.3 cm³/mol. The van der Waals surface area contributed by atoms with Crippen LogP contribution in [0.15, 0.2) is 4.52 Å². The molecule has 96 valence electrons. The van der Waals surface area contributed by atoms with Gasteiger partial charge in [-0.05, 0) is 20.8 Å². The third-order valence-corrected chi connectivity index (χ3v) is 4.30.